The van der Waals surface area contributed by atoms with Gasteiger partial charge in [0.15, 0.2) is 0 Å². The smallest absolute Gasteiger partial charge is 0.210 e. The van der Waals surface area contributed by atoms with E-state index in [0.717, 1.165) is 37.0 Å². The zero-order valence-electron chi connectivity index (χ0n) is 9.15. The Balaban J connectivity index is 0.000000963. The van der Waals surface area contributed by atoms with Crippen molar-refractivity contribution in [1.82, 2.24) is 10.3 Å². The zero-order chi connectivity index (χ0) is 10.3. The maximum atomic E-state index is 9.33. The van der Waals surface area contributed by atoms with Crippen LogP contribution in [0.25, 0.3) is 0 Å². The van der Waals surface area contributed by atoms with E-state index < -0.39 is 0 Å². The second-order valence-corrected chi connectivity index (χ2v) is 4.71. The summed E-state index contributed by atoms with van der Waals surface area (Å²) in [5.74, 6) is 1.84. The molecular formula is C12H17ClN2O. The fourth-order valence-corrected chi connectivity index (χ4v) is 2.49. The molecule has 1 aromatic heterocycles. The number of halogens is 1. The average molecular weight is 241 g/mol. The van der Waals surface area contributed by atoms with Gasteiger partial charge in [0.1, 0.15) is 0 Å². The Labute approximate surface area is 102 Å². The molecule has 0 radical (unpaired) electrons. The molecule has 2 N–H and O–H groups in total. The van der Waals surface area contributed by atoms with Crippen molar-refractivity contribution in [1.29, 1.82) is 0 Å². The van der Waals surface area contributed by atoms with E-state index in [9.17, 15) is 5.11 Å². The highest BCUT2D eigenvalue weighted by atomic mass is 35.5. The molecule has 0 bridgehead atoms. The molecule has 1 unspecified atom stereocenters. The Hall–Kier alpha value is -0.800. The van der Waals surface area contributed by atoms with Gasteiger partial charge >= 0.3 is 0 Å². The SMILES string of the molecule is Cl.Oc1ccc2c(n1)CNCC(C1CC1)C2. The molecule has 0 saturated heterocycles. The molecule has 2 aliphatic rings. The highest BCUT2D eigenvalue weighted by Gasteiger charge is 2.32. The second kappa shape index (κ2) is 4.60. The van der Waals surface area contributed by atoms with Crippen molar-refractivity contribution in [2.45, 2.75) is 25.8 Å². The van der Waals surface area contributed by atoms with Crippen LogP contribution in [0.3, 0.4) is 0 Å². The standard InChI is InChI=1S/C12H16N2O.ClH/c15-12-4-3-9-5-10(8-1-2-8)6-13-7-11(9)14-12;/h3-4,8,10,13H,1-2,5-7H2,(H,14,15);1H. The van der Waals surface area contributed by atoms with E-state index in [1.807, 2.05) is 6.07 Å². The van der Waals surface area contributed by atoms with Crippen molar-refractivity contribution in [3.63, 3.8) is 0 Å². The third-order valence-electron chi connectivity index (χ3n) is 3.52. The van der Waals surface area contributed by atoms with Crippen LogP contribution in [0.5, 0.6) is 5.88 Å². The summed E-state index contributed by atoms with van der Waals surface area (Å²) in [5.41, 5.74) is 2.34. The molecule has 2 heterocycles. The van der Waals surface area contributed by atoms with Crippen molar-refractivity contribution < 1.29 is 5.11 Å². The molecule has 0 aromatic carbocycles. The molecule has 1 fully saturated rings. The lowest BCUT2D eigenvalue weighted by Gasteiger charge is -2.12. The normalized spacial score (nSPS) is 24.1. The number of nitrogens with zero attached hydrogens (tertiary/aromatic N) is 1. The first-order chi connectivity index (χ1) is 7.33. The van der Waals surface area contributed by atoms with Crippen molar-refractivity contribution in [3.8, 4) is 5.88 Å². The van der Waals surface area contributed by atoms with Gasteiger partial charge in [-0.05, 0) is 43.2 Å². The Morgan fingerprint density at radius 1 is 1.25 bits per heavy atom. The number of nitrogens with one attached hydrogen (secondary N) is 1. The molecule has 0 amide bonds. The molecule has 3 rings (SSSR count). The van der Waals surface area contributed by atoms with Gasteiger partial charge in [-0.15, -0.1) is 12.4 Å². The first-order valence-electron chi connectivity index (χ1n) is 5.71. The van der Waals surface area contributed by atoms with Crippen molar-refractivity contribution in [2.24, 2.45) is 11.8 Å². The van der Waals surface area contributed by atoms with Gasteiger partial charge < -0.3 is 10.4 Å². The summed E-state index contributed by atoms with van der Waals surface area (Å²) >= 11 is 0. The van der Waals surface area contributed by atoms with Crippen LogP contribution in [0.15, 0.2) is 12.1 Å². The molecule has 88 valence electrons. The lowest BCUT2D eigenvalue weighted by atomic mass is 9.95. The topological polar surface area (TPSA) is 45.2 Å². The zero-order valence-corrected chi connectivity index (χ0v) is 9.96. The van der Waals surface area contributed by atoms with E-state index in [2.05, 4.69) is 10.3 Å². The van der Waals surface area contributed by atoms with Gasteiger partial charge in [-0.2, -0.15) is 0 Å². The van der Waals surface area contributed by atoms with Crippen LogP contribution >= 0.6 is 12.4 Å². The maximum absolute atomic E-state index is 9.33. The quantitative estimate of drug-likeness (QED) is 0.788. The van der Waals surface area contributed by atoms with Gasteiger partial charge in [-0.1, -0.05) is 6.07 Å². The van der Waals surface area contributed by atoms with Gasteiger partial charge in [0.25, 0.3) is 0 Å². The minimum Gasteiger partial charge on any atom is -0.493 e. The molecule has 4 heteroatoms. The fourth-order valence-electron chi connectivity index (χ4n) is 2.49. The van der Waals surface area contributed by atoms with E-state index in [1.54, 1.807) is 6.07 Å². The summed E-state index contributed by atoms with van der Waals surface area (Å²) in [6.45, 7) is 1.90. The number of hydrogen-bond donors (Lipinski definition) is 2. The second-order valence-electron chi connectivity index (χ2n) is 4.71. The number of hydrogen-bond acceptors (Lipinski definition) is 3. The van der Waals surface area contributed by atoms with Crippen molar-refractivity contribution >= 4 is 12.4 Å². The minimum atomic E-state index is 0. The summed E-state index contributed by atoms with van der Waals surface area (Å²) in [6.07, 6.45) is 3.92. The molecular weight excluding hydrogens is 224 g/mol. The van der Waals surface area contributed by atoms with Crippen molar-refractivity contribution in [3.05, 3.63) is 23.4 Å². The van der Waals surface area contributed by atoms with E-state index >= 15 is 0 Å². The molecule has 1 atom stereocenters. The fraction of sp³-hybridized carbons (Fsp3) is 0.583. The van der Waals surface area contributed by atoms with Crippen LogP contribution in [0.1, 0.15) is 24.1 Å². The van der Waals surface area contributed by atoms with E-state index in [1.165, 1.54) is 18.4 Å². The Kier molecular flexibility index (Phi) is 3.36. The van der Waals surface area contributed by atoms with Gasteiger partial charge in [0.05, 0.1) is 5.69 Å². The number of aromatic nitrogens is 1. The highest BCUT2D eigenvalue weighted by Crippen LogP contribution is 2.39. The van der Waals surface area contributed by atoms with Crippen LogP contribution in [0, 0.1) is 11.8 Å². The van der Waals surface area contributed by atoms with Crippen LogP contribution in [-0.2, 0) is 13.0 Å². The molecule has 1 aliphatic carbocycles. The molecule has 1 aliphatic heterocycles. The Bertz CT molecular complexity index is 379. The average Bonchev–Trinajstić information content (AvgIpc) is 3.02. The lowest BCUT2D eigenvalue weighted by molar-refractivity contribution is 0.437. The Morgan fingerprint density at radius 2 is 2.06 bits per heavy atom. The van der Waals surface area contributed by atoms with E-state index in [4.69, 9.17) is 0 Å². The highest BCUT2D eigenvalue weighted by molar-refractivity contribution is 5.85. The number of rotatable bonds is 1. The molecule has 0 spiro atoms. The monoisotopic (exact) mass is 240 g/mol. The van der Waals surface area contributed by atoms with Gasteiger partial charge in [-0.25, -0.2) is 4.98 Å². The third-order valence-corrected chi connectivity index (χ3v) is 3.52. The largest absolute Gasteiger partial charge is 0.493 e. The maximum Gasteiger partial charge on any atom is 0.210 e. The predicted octanol–water partition coefficient (Wildman–Crippen LogP) is 1.88. The third kappa shape index (κ3) is 2.30. The van der Waals surface area contributed by atoms with Gasteiger partial charge in [-0.3, -0.25) is 0 Å². The molecule has 16 heavy (non-hydrogen) atoms. The lowest BCUT2D eigenvalue weighted by Crippen LogP contribution is -2.21. The first kappa shape index (κ1) is 11.7. The minimum absolute atomic E-state index is 0. The number of pyridine rings is 1. The first-order valence-corrected chi connectivity index (χ1v) is 5.71. The van der Waals surface area contributed by atoms with Gasteiger partial charge in [0, 0.05) is 12.6 Å². The molecule has 3 nitrogen and oxygen atoms in total. The molecule has 1 saturated carbocycles. The Morgan fingerprint density at radius 3 is 2.81 bits per heavy atom. The number of fused-ring (bicyclic) bond motifs is 1. The summed E-state index contributed by atoms with van der Waals surface area (Å²) < 4.78 is 0. The predicted molar refractivity (Wildman–Crippen MR) is 64.8 cm³/mol. The van der Waals surface area contributed by atoms with Gasteiger partial charge in [0.2, 0.25) is 5.88 Å². The summed E-state index contributed by atoms with van der Waals surface area (Å²) in [6, 6.07) is 3.73. The van der Waals surface area contributed by atoms with E-state index in [0.29, 0.717) is 0 Å². The van der Waals surface area contributed by atoms with Crippen LogP contribution in [0.2, 0.25) is 0 Å². The van der Waals surface area contributed by atoms with Crippen LogP contribution < -0.4 is 5.32 Å². The van der Waals surface area contributed by atoms with Crippen LogP contribution in [0.4, 0.5) is 0 Å². The number of aromatic hydroxyl groups is 1. The summed E-state index contributed by atoms with van der Waals surface area (Å²) in [7, 11) is 0. The van der Waals surface area contributed by atoms with Crippen LogP contribution in [-0.4, -0.2) is 16.6 Å². The molecule has 1 aromatic rings. The van der Waals surface area contributed by atoms with Crippen molar-refractivity contribution in [2.75, 3.05) is 6.54 Å². The summed E-state index contributed by atoms with van der Waals surface area (Å²) in [5, 5.41) is 12.8. The summed E-state index contributed by atoms with van der Waals surface area (Å²) in [4.78, 5) is 4.18. The van der Waals surface area contributed by atoms with E-state index in [-0.39, 0.29) is 18.3 Å².